The first-order valence-corrected chi connectivity index (χ1v) is 6.21. The third-order valence-electron chi connectivity index (χ3n) is 3.17. The van der Waals surface area contributed by atoms with E-state index in [0.29, 0.717) is 13.0 Å². The molecule has 4 heteroatoms. The van der Waals surface area contributed by atoms with Gasteiger partial charge in [-0.15, -0.1) is 0 Å². The number of ether oxygens (including phenoxy) is 1. The van der Waals surface area contributed by atoms with Gasteiger partial charge in [-0.25, -0.2) is 0 Å². The molecule has 0 saturated heterocycles. The minimum Gasteiger partial charge on any atom is -0.493 e. The molecule has 0 bridgehead atoms. The number of rotatable bonds is 5. The predicted molar refractivity (Wildman–Crippen MR) is 73.3 cm³/mol. The first-order valence-electron chi connectivity index (χ1n) is 6.21. The van der Waals surface area contributed by atoms with Crippen LogP contribution in [-0.4, -0.2) is 22.7 Å². The second-order valence-electron chi connectivity index (χ2n) is 5.11. The van der Waals surface area contributed by atoms with Gasteiger partial charge >= 0.3 is 5.97 Å². The van der Waals surface area contributed by atoms with Crippen molar-refractivity contribution >= 4 is 16.9 Å². The number of fused-ring (bicyclic) bond motifs is 1. The van der Waals surface area contributed by atoms with Crippen molar-refractivity contribution in [3.05, 3.63) is 36.5 Å². The minimum atomic E-state index is -0.810. The lowest BCUT2D eigenvalue weighted by molar-refractivity contribution is -0.147. The van der Waals surface area contributed by atoms with Crippen LogP contribution in [0.4, 0.5) is 0 Å². The maximum Gasteiger partial charge on any atom is 0.309 e. The summed E-state index contributed by atoms with van der Waals surface area (Å²) in [6.07, 6.45) is 2.19. The highest BCUT2D eigenvalue weighted by molar-refractivity contribution is 5.84. The van der Waals surface area contributed by atoms with E-state index < -0.39 is 11.4 Å². The third kappa shape index (κ3) is 3.02. The minimum absolute atomic E-state index is 0.368. The van der Waals surface area contributed by atoms with Crippen LogP contribution in [0.2, 0.25) is 0 Å². The van der Waals surface area contributed by atoms with Crippen molar-refractivity contribution in [2.75, 3.05) is 6.61 Å². The Hall–Kier alpha value is -2.10. The Morgan fingerprint density at radius 3 is 2.84 bits per heavy atom. The van der Waals surface area contributed by atoms with Crippen LogP contribution < -0.4 is 4.74 Å². The average molecular weight is 259 g/mol. The second-order valence-corrected chi connectivity index (χ2v) is 5.11. The van der Waals surface area contributed by atoms with Crippen molar-refractivity contribution in [1.82, 2.24) is 4.98 Å². The van der Waals surface area contributed by atoms with Crippen molar-refractivity contribution in [1.29, 1.82) is 0 Å². The van der Waals surface area contributed by atoms with E-state index in [1.807, 2.05) is 30.3 Å². The molecule has 0 spiro atoms. The van der Waals surface area contributed by atoms with E-state index in [1.165, 1.54) is 0 Å². The molecule has 0 aliphatic heterocycles. The fourth-order valence-corrected chi connectivity index (χ4v) is 1.72. The normalized spacial score (nSPS) is 11.5. The van der Waals surface area contributed by atoms with E-state index >= 15 is 0 Å². The molecule has 1 heterocycles. The van der Waals surface area contributed by atoms with Gasteiger partial charge in [-0.3, -0.25) is 9.78 Å². The monoisotopic (exact) mass is 259 g/mol. The predicted octanol–water partition coefficient (Wildman–Crippen LogP) is 3.11. The van der Waals surface area contributed by atoms with Crippen LogP contribution in [0.25, 0.3) is 10.9 Å². The first kappa shape index (κ1) is 13.3. The molecule has 0 atom stereocenters. The highest BCUT2D eigenvalue weighted by atomic mass is 16.5. The number of hydrogen-bond acceptors (Lipinski definition) is 3. The van der Waals surface area contributed by atoms with E-state index in [9.17, 15) is 4.79 Å². The molecular weight excluding hydrogens is 242 g/mol. The molecule has 4 nitrogen and oxygen atoms in total. The molecule has 1 N–H and O–H groups in total. The van der Waals surface area contributed by atoms with Crippen LogP contribution in [0, 0.1) is 5.41 Å². The number of aliphatic carboxylic acids is 1. The molecule has 0 saturated carbocycles. The smallest absolute Gasteiger partial charge is 0.309 e. The standard InChI is InChI=1S/C15H17NO3/c1-15(2,14(17)18)8-10-19-13-7-3-6-12-11(13)5-4-9-16-12/h3-7,9H,8,10H2,1-2H3,(H,17,18). The lowest BCUT2D eigenvalue weighted by atomic mass is 9.90. The lowest BCUT2D eigenvalue weighted by Gasteiger charge is -2.19. The van der Waals surface area contributed by atoms with Gasteiger partial charge < -0.3 is 9.84 Å². The van der Waals surface area contributed by atoms with Crippen molar-refractivity contribution in [2.24, 2.45) is 5.41 Å². The second kappa shape index (κ2) is 5.26. The summed E-state index contributed by atoms with van der Waals surface area (Å²) in [5.41, 5.74) is 0.0977. The number of hydrogen-bond donors (Lipinski definition) is 1. The first-order chi connectivity index (χ1) is 9.00. The summed E-state index contributed by atoms with van der Waals surface area (Å²) < 4.78 is 5.70. The number of benzene rings is 1. The molecule has 0 aliphatic rings. The molecule has 19 heavy (non-hydrogen) atoms. The molecule has 0 amide bonds. The number of carboxylic acid groups (broad SMARTS) is 1. The van der Waals surface area contributed by atoms with Gasteiger partial charge in [-0.05, 0) is 44.5 Å². The fraction of sp³-hybridized carbons (Fsp3) is 0.333. The lowest BCUT2D eigenvalue weighted by Crippen LogP contribution is -2.25. The van der Waals surface area contributed by atoms with Crippen LogP contribution in [-0.2, 0) is 4.79 Å². The topological polar surface area (TPSA) is 59.4 Å². The highest BCUT2D eigenvalue weighted by Gasteiger charge is 2.26. The zero-order valence-electron chi connectivity index (χ0n) is 11.1. The van der Waals surface area contributed by atoms with Crippen molar-refractivity contribution in [3.8, 4) is 5.75 Å². The zero-order chi connectivity index (χ0) is 13.9. The molecule has 0 unspecified atom stereocenters. The Balaban J connectivity index is 2.09. The molecule has 0 radical (unpaired) electrons. The summed E-state index contributed by atoms with van der Waals surface area (Å²) in [7, 11) is 0. The Morgan fingerprint density at radius 2 is 2.11 bits per heavy atom. The van der Waals surface area contributed by atoms with Gasteiger partial charge in [0.1, 0.15) is 5.75 Å². The summed E-state index contributed by atoms with van der Waals surface area (Å²) >= 11 is 0. The van der Waals surface area contributed by atoms with Gasteiger partial charge in [0.25, 0.3) is 0 Å². The molecule has 2 rings (SSSR count). The molecular formula is C15H17NO3. The van der Waals surface area contributed by atoms with Crippen LogP contribution in [0.1, 0.15) is 20.3 Å². The van der Waals surface area contributed by atoms with Crippen LogP contribution >= 0.6 is 0 Å². The van der Waals surface area contributed by atoms with E-state index in [4.69, 9.17) is 9.84 Å². The summed E-state index contributed by atoms with van der Waals surface area (Å²) in [6.45, 7) is 3.76. The van der Waals surface area contributed by atoms with E-state index in [1.54, 1.807) is 20.0 Å². The SMILES string of the molecule is CC(C)(CCOc1cccc2ncccc12)C(=O)O. The zero-order valence-corrected chi connectivity index (χ0v) is 11.1. The Bertz CT molecular complexity index is 587. The van der Waals surface area contributed by atoms with Gasteiger partial charge in [0, 0.05) is 11.6 Å². The summed E-state index contributed by atoms with van der Waals surface area (Å²) in [5, 5.41) is 9.99. The number of pyridine rings is 1. The van der Waals surface area contributed by atoms with Gasteiger partial charge in [0.05, 0.1) is 17.5 Å². The highest BCUT2D eigenvalue weighted by Crippen LogP contribution is 2.25. The van der Waals surface area contributed by atoms with Crippen molar-refractivity contribution < 1.29 is 14.6 Å². The fourth-order valence-electron chi connectivity index (χ4n) is 1.72. The quantitative estimate of drug-likeness (QED) is 0.896. The maximum absolute atomic E-state index is 11.0. The molecule has 1 aromatic carbocycles. The largest absolute Gasteiger partial charge is 0.493 e. The Kier molecular flexibility index (Phi) is 3.69. The van der Waals surface area contributed by atoms with Gasteiger partial charge in [0.15, 0.2) is 0 Å². The van der Waals surface area contributed by atoms with E-state index in [0.717, 1.165) is 16.7 Å². The molecule has 1 aromatic heterocycles. The summed E-state index contributed by atoms with van der Waals surface area (Å²) in [5.74, 6) is -0.0672. The van der Waals surface area contributed by atoms with Gasteiger partial charge in [-0.2, -0.15) is 0 Å². The number of carbonyl (C=O) groups is 1. The number of nitrogens with zero attached hydrogens (tertiary/aromatic N) is 1. The third-order valence-corrected chi connectivity index (χ3v) is 3.17. The average Bonchev–Trinajstić information content (AvgIpc) is 2.38. The summed E-state index contributed by atoms with van der Waals surface area (Å²) in [4.78, 5) is 15.3. The Morgan fingerprint density at radius 1 is 1.32 bits per heavy atom. The van der Waals surface area contributed by atoms with Gasteiger partial charge in [0.2, 0.25) is 0 Å². The maximum atomic E-state index is 11.0. The number of aromatic nitrogens is 1. The van der Waals surface area contributed by atoms with Crippen molar-refractivity contribution in [3.63, 3.8) is 0 Å². The molecule has 100 valence electrons. The van der Waals surface area contributed by atoms with Crippen LogP contribution in [0.15, 0.2) is 36.5 Å². The van der Waals surface area contributed by atoms with Crippen LogP contribution in [0.5, 0.6) is 5.75 Å². The number of carboxylic acids is 1. The van der Waals surface area contributed by atoms with Gasteiger partial charge in [-0.1, -0.05) is 6.07 Å². The van der Waals surface area contributed by atoms with E-state index in [2.05, 4.69) is 4.98 Å². The Labute approximate surface area is 112 Å². The molecule has 0 fully saturated rings. The van der Waals surface area contributed by atoms with E-state index in [-0.39, 0.29) is 0 Å². The van der Waals surface area contributed by atoms with Crippen molar-refractivity contribution in [2.45, 2.75) is 20.3 Å². The summed E-state index contributed by atoms with van der Waals surface area (Å²) in [6, 6.07) is 9.48. The molecule has 0 aliphatic carbocycles. The van der Waals surface area contributed by atoms with Crippen LogP contribution in [0.3, 0.4) is 0 Å². The molecule has 2 aromatic rings.